The number of fused-ring (bicyclic) bond motifs is 1. The standard InChI is InChI=1S/C19H20N2O2S/c1-14-16-10-12-24-17(16)9-11-21(14)19(23)13-20-18(22)8-7-15-5-3-2-4-6-15/h2-8,10,12,14H,9,11,13H2,1H3,(H,20,22)/b8-7+/t14-/m1/s1. The van der Waals surface area contributed by atoms with Gasteiger partial charge in [0.1, 0.15) is 0 Å². The first-order valence-corrected chi connectivity index (χ1v) is 8.90. The molecule has 0 unspecified atom stereocenters. The van der Waals surface area contributed by atoms with E-state index in [2.05, 4.69) is 16.8 Å². The van der Waals surface area contributed by atoms with Gasteiger partial charge in [-0.2, -0.15) is 0 Å². The topological polar surface area (TPSA) is 49.4 Å². The Balaban J connectivity index is 1.52. The Morgan fingerprint density at radius 1 is 1.29 bits per heavy atom. The molecular formula is C19H20N2O2S. The lowest BCUT2D eigenvalue weighted by Crippen LogP contribution is -2.43. The van der Waals surface area contributed by atoms with Crippen LogP contribution in [0.2, 0.25) is 0 Å². The van der Waals surface area contributed by atoms with Crippen LogP contribution in [0.15, 0.2) is 47.9 Å². The molecule has 0 bridgehead atoms. The molecule has 0 aliphatic carbocycles. The molecule has 1 aromatic carbocycles. The van der Waals surface area contributed by atoms with Gasteiger partial charge < -0.3 is 10.2 Å². The number of nitrogens with one attached hydrogen (secondary N) is 1. The first-order chi connectivity index (χ1) is 11.6. The van der Waals surface area contributed by atoms with Gasteiger partial charge in [0.25, 0.3) is 0 Å². The number of rotatable bonds is 4. The summed E-state index contributed by atoms with van der Waals surface area (Å²) in [5.74, 6) is -0.297. The molecule has 1 N–H and O–H groups in total. The third-order valence-corrected chi connectivity index (χ3v) is 5.23. The minimum atomic E-state index is -0.256. The summed E-state index contributed by atoms with van der Waals surface area (Å²) in [6.07, 6.45) is 4.09. The number of carbonyl (C=O) groups is 2. The summed E-state index contributed by atoms with van der Waals surface area (Å²) in [6.45, 7) is 2.78. The third kappa shape index (κ3) is 3.74. The number of carbonyl (C=O) groups excluding carboxylic acids is 2. The van der Waals surface area contributed by atoms with E-state index in [1.54, 1.807) is 17.4 Å². The minimum Gasteiger partial charge on any atom is -0.343 e. The largest absolute Gasteiger partial charge is 0.343 e. The van der Waals surface area contributed by atoms with Crippen molar-refractivity contribution in [3.8, 4) is 0 Å². The molecule has 0 saturated heterocycles. The molecule has 1 aromatic heterocycles. The predicted molar refractivity (Wildman–Crippen MR) is 96.6 cm³/mol. The van der Waals surface area contributed by atoms with Crippen LogP contribution in [0.5, 0.6) is 0 Å². The van der Waals surface area contributed by atoms with Crippen LogP contribution in [0.4, 0.5) is 0 Å². The third-order valence-electron chi connectivity index (χ3n) is 4.24. The maximum atomic E-state index is 12.4. The fourth-order valence-electron chi connectivity index (χ4n) is 2.91. The lowest BCUT2D eigenvalue weighted by molar-refractivity contribution is -0.134. The quantitative estimate of drug-likeness (QED) is 0.870. The Hall–Kier alpha value is -2.40. The van der Waals surface area contributed by atoms with Crippen LogP contribution in [0.3, 0.4) is 0 Å². The molecule has 24 heavy (non-hydrogen) atoms. The molecule has 4 nitrogen and oxygen atoms in total. The highest BCUT2D eigenvalue weighted by molar-refractivity contribution is 7.10. The van der Waals surface area contributed by atoms with Gasteiger partial charge >= 0.3 is 0 Å². The fraction of sp³-hybridized carbons (Fsp3) is 0.263. The van der Waals surface area contributed by atoms with E-state index in [-0.39, 0.29) is 24.4 Å². The summed E-state index contributed by atoms with van der Waals surface area (Å²) in [5, 5.41) is 4.75. The summed E-state index contributed by atoms with van der Waals surface area (Å²) >= 11 is 1.75. The fourth-order valence-corrected chi connectivity index (χ4v) is 3.87. The van der Waals surface area contributed by atoms with E-state index in [4.69, 9.17) is 0 Å². The number of nitrogens with zero attached hydrogens (tertiary/aromatic N) is 1. The van der Waals surface area contributed by atoms with Crippen LogP contribution in [0.1, 0.15) is 29.0 Å². The lowest BCUT2D eigenvalue weighted by Gasteiger charge is -2.33. The Labute approximate surface area is 145 Å². The van der Waals surface area contributed by atoms with Crippen molar-refractivity contribution in [3.05, 3.63) is 63.9 Å². The van der Waals surface area contributed by atoms with Crippen molar-refractivity contribution in [1.29, 1.82) is 0 Å². The van der Waals surface area contributed by atoms with Crippen molar-refractivity contribution in [1.82, 2.24) is 10.2 Å². The number of amides is 2. The number of hydrogen-bond donors (Lipinski definition) is 1. The van der Waals surface area contributed by atoms with Crippen molar-refractivity contribution >= 4 is 29.2 Å². The molecule has 0 radical (unpaired) electrons. The van der Waals surface area contributed by atoms with E-state index in [0.29, 0.717) is 6.54 Å². The number of thiophene rings is 1. The van der Waals surface area contributed by atoms with Crippen molar-refractivity contribution in [2.45, 2.75) is 19.4 Å². The van der Waals surface area contributed by atoms with Crippen molar-refractivity contribution in [2.24, 2.45) is 0 Å². The second-order valence-electron chi connectivity index (χ2n) is 5.77. The smallest absolute Gasteiger partial charge is 0.244 e. The monoisotopic (exact) mass is 340 g/mol. The zero-order chi connectivity index (χ0) is 16.9. The molecule has 2 aromatic rings. The van der Waals surface area contributed by atoms with E-state index < -0.39 is 0 Å². The second kappa shape index (κ2) is 7.45. The van der Waals surface area contributed by atoms with Crippen LogP contribution in [-0.4, -0.2) is 29.8 Å². The first-order valence-electron chi connectivity index (χ1n) is 8.02. The highest BCUT2D eigenvalue weighted by Gasteiger charge is 2.28. The second-order valence-corrected chi connectivity index (χ2v) is 6.77. The molecule has 0 saturated carbocycles. The Morgan fingerprint density at radius 2 is 2.08 bits per heavy atom. The molecule has 3 rings (SSSR count). The van der Waals surface area contributed by atoms with E-state index in [1.807, 2.05) is 42.2 Å². The summed E-state index contributed by atoms with van der Waals surface area (Å²) in [6, 6.07) is 11.8. The van der Waals surface area contributed by atoms with Crippen molar-refractivity contribution in [2.75, 3.05) is 13.1 Å². The highest BCUT2D eigenvalue weighted by atomic mass is 32.1. The van der Waals surface area contributed by atoms with Crippen molar-refractivity contribution < 1.29 is 9.59 Å². The van der Waals surface area contributed by atoms with Crippen LogP contribution in [0.25, 0.3) is 6.08 Å². The van der Waals surface area contributed by atoms with Crippen LogP contribution < -0.4 is 5.32 Å². The molecule has 5 heteroatoms. The van der Waals surface area contributed by atoms with Gasteiger partial charge in [-0.25, -0.2) is 0 Å². The first kappa shape index (κ1) is 16.5. The molecule has 1 aliphatic heterocycles. The van der Waals surface area contributed by atoms with E-state index in [9.17, 15) is 9.59 Å². The van der Waals surface area contributed by atoms with E-state index >= 15 is 0 Å². The molecule has 0 fully saturated rings. The van der Waals surface area contributed by atoms with Gasteiger partial charge in [-0.1, -0.05) is 30.3 Å². The van der Waals surface area contributed by atoms with Crippen LogP contribution >= 0.6 is 11.3 Å². The SMILES string of the molecule is C[C@@H]1c2ccsc2CCN1C(=O)CNC(=O)/C=C/c1ccccc1. The predicted octanol–water partition coefficient (Wildman–Crippen LogP) is 3.02. The zero-order valence-corrected chi connectivity index (χ0v) is 14.4. The Bertz CT molecular complexity index is 752. The van der Waals surface area contributed by atoms with Crippen LogP contribution in [-0.2, 0) is 16.0 Å². The average Bonchev–Trinajstić information content (AvgIpc) is 3.09. The molecule has 1 atom stereocenters. The summed E-state index contributed by atoms with van der Waals surface area (Å²) in [7, 11) is 0. The Kier molecular flexibility index (Phi) is 5.11. The normalized spacial score (nSPS) is 16.9. The van der Waals surface area contributed by atoms with Crippen molar-refractivity contribution in [3.63, 3.8) is 0 Å². The van der Waals surface area contributed by atoms with Gasteiger partial charge in [0.15, 0.2) is 0 Å². The summed E-state index contributed by atoms with van der Waals surface area (Å²) in [4.78, 5) is 27.5. The van der Waals surface area contributed by atoms with Gasteiger partial charge in [0, 0.05) is 17.5 Å². The van der Waals surface area contributed by atoms with E-state index in [0.717, 1.165) is 12.0 Å². The summed E-state index contributed by atoms with van der Waals surface area (Å²) in [5.41, 5.74) is 2.18. The van der Waals surface area contributed by atoms with E-state index in [1.165, 1.54) is 16.5 Å². The maximum Gasteiger partial charge on any atom is 0.244 e. The Morgan fingerprint density at radius 3 is 2.88 bits per heavy atom. The molecule has 1 aliphatic rings. The molecule has 0 spiro atoms. The highest BCUT2D eigenvalue weighted by Crippen LogP contribution is 2.32. The van der Waals surface area contributed by atoms with Gasteiger partial charge in [0.05, 0.1) is 12.6 Å². The summed E-state index contributed by atoms with van der Waals surface area (Å²) < 4.78 is 0. The van der Waals surface area contributed by atoms with Gasteiger partial charge in [0.2, 0.25) is 11.8 Å². The van der Waals surface area contributed by atoms with Gasteiger partial charge in [-0.05, 0) is 42.0 Å². The zero-order valence-electron chi connectivity index (χ0n) is 13.6. The maximum absolute atomic E-state index is 12.4. The van der Waals surface area contributed by atoms with Gasteiger partial charge in [-0.3, -0.25) is 9.59 Å². The molecular weight excluding hydrogens is 320 g/mol. The molecule has 2 heterocycles. The molecule has 124 valence electrons. The average molecular weight is 340 g/mol. The van der Waals surface area contributed by atoms with Gasteiger partial charge in [-0.15, -0.1) is 11.3 Å². The number of benzene rings is 1. The number of hydrogen-bond acceptors (Lipinski definition) is 3. The molecule has 2 amide bonds. The van der Waals surface area contributed by atoms with Crippen LogP contribution in [0, 0.1) is 0 Å². The lowest BCUT2D eigenvalue weighted by atomic mass is 10.0. The minimum absolute atomic E-state index is 0.0295.